The van der Waals surface area contributed by atoms with Crippen LogP contribution < -0.4 is 0 Å². The minimum Gasteiger partial charge on any atom is -0.329 e. The van der Waals surface area contributed by atoms with Gasteiger partial charge in [0, 0.05) is 29.8 Å². The van der Waals surface area contributed by atoms with Crippen LogP contribution in [0.4, 0.5) is 4.39 Å². The van der Waals surface area contributed by atoms with Gasteiger partial charge in [0.15, 0.2) is 0 Å². The monoisotopic (exact) mass is 287 g/mol. The van der Waals surface area contributed by atoms with Crippen molar-refractivity contribution in [2.45, 2.75) is 19.9 Å². The molecular weight excluding hydrogens is 273 g/mol. The second-order valence-electron chi connectivity index (χ2n) is 4.48. The van der Waals surface area contributed by atoms with Crippen molar-refractivity contribution < 1.29 is 4.39 Å². The van der Waals surface area contributed by atoms with Gasteiger partial charge in [-0.1, -0.05) is 6.92 Å². The molecular formula is C15H14FN3S. The summed E-state index contributed by atoms with van der Waals surface area (Å²) in [6.45, 7) is 2.81. The van der Waals surface area contributed by atoms with Crippen molar-refractivity contribution in [1.29, 1.82) is 0 Å². The molecule has 0 saturated carbocycles. The van der Waals surface area contributed by atoms with Crippen LogP contribution in [-0.4, -0.2) is 14.5 Å². The van der Waals surface area contributed by atoms with Gasteiger partial charge in [-0.15, -0.1) is 11.3 Å². The number of benzene rings is 1. The van der Waals surface area contributed by atoms with Crippen LogP contribution in [0.5, 0.6) is 0 Å². The van der Waals surface area contributed by atoms with Gasteiger partial charge in [-0.05, 0) is 24.3 Å². The highest BCUT2D eigenvalue weighted by molar-refractivity contribution is 7.13. The van der Waals surface area contributed by atoms with Crippen LogP contribution in [0.1, 0.15) is 18.4 Å². The molecule has 0 N–H and O–H groups in total. The summed E-state index contributed by atoms with van der Waals surface area (Å²) in [6.07, 6.45) is 4.68. The van der Waals surface area contributed by atoms with Gasteiger partial charge >= 0.3 is 0 Å². The van der Waals surface area contributed by atoms with Crippen molar-refractivity contribution in [2.24, 2.45) is 0 Å². The Morgan fingerprint density at radius 1 is 1.25 bits per heavy atom. The standard InChI is InChI=1S/C15H14FN3S/c1-2-14-17-7-8-19(14)9-13-10-20-15(18-13)11-3-5-12(16)6-4-11/h3-8,10H,2,9H2,1H3. The molecule has 1 aromatic carbocycles. The van der Waals surface area contributed by atoms with Crippen molar-refractivity contribution in [3.05, 3.63) is 59.4 Å². The molecule has 20 heavy (non-hydrogen) atoms. The summed E-state index contributed by atoms with van der Waals surface area (Å²) < 4.78 is 15.0. The highest BCUT2D eigenvalue weighted by atomic mass is 32.1. The number of rotatable bonds is 4. The lowest BCUT2D eigenvalue weighted by Gasteiger charge is -2.03. The zero-order valence-corrected chi connectivity index (χ0v) is 11.9. The van der Waals surface area contributed by atoms with Crippen LogP contribution in [0.3, 0.4) is 0 Å². The number of halogens is 1. The number of hydrogen-bond donors (Lipinski definition) is 0. The summed E-state index contributed by atoms with van der Waals surface area (Å²) in [5.41, 5.74) is 1.95. The van der Waals surface area contributed by atoms with Crippen molar-refractivity contribution in [3.63, 3.8) is 0 Å². The zero-order valence-electron chi connectivity index (χ0n) is 11.1. The summed E-state index contributed by atoms with van der Waals surface area (Å²) >= 11 is 1.58. The van der Waals surface area contributed by atoms with Gasteiger partial charge in [0.2, 0.25) is 0 Å². The zero-order chi connectivity index (χ0) is 13.9. The lowest BCUT2D eigenvalue weighted by Crippen LogP contribution is -2.03. The minimum atomic E-state index is -0.225. The topological polar surface area (TPSA) is 30.7 Å². The smallest absolute Gasteiger partial charge is 0.123 e. The Balaban J connectivity index is 1.82. The first-order chi connectivity index (χ1) is 9.76. The van der Waals surface area contributed by atoms with E-state index < -0.39 is 0 Å². The van der Waals surface area contributed by atoms with E-state index >= 15 is 0 Å². The van der Waals surface area contributed by atoms with Crippen molar-refractivity contribution in [2.75, 3.05) is 0 Å². The Morgan fingerprint density at radius 2 is 2.05 bits per heavy atom. The van der Waals surface area contributed by atoms with Crippen LogP contribution in [0.2, 0.25) is 0 Å². The molecule has 3 nitrogen and oxygen atoms in total. The molecule has 0 atom stereocenters. The van der Waals surface area contributed by atoms with E-state index in [4.69, 9.17) is 0 Å². The van der Waals surface area contributed by atoms with Crippen LogP contribution in [0, 0.1) is 5.82 Å². The van der Waals surface area contributed by atoms with Gasteiger partial charge in [-0.3, -0.25) is 0 Å². The number of thiazole rings is 1. The molecule has 0 aliphatic carbocycles. The van der Waals surface area contributed by atoms with E-state index in [-0.39, 0.29) is 5.82 Å². The molecule has 5 heteroatoms. The molecule has 0 aliphatic heterocycles. The number of aromatic nitrogens is 3. The fraction of sp³-hybridized carbons (Fsp3) is 0.200. The van der Waals surface area contributed by atoms with E-state index in [2.05, 4.69) is 21.5 Å². The number of aryl methyl sites for hydroxylation is 1. The Bertz CT molecular complexity index is 700. The van der Waals surface area contributed by atoms with Gasteiger partial charge < -0.3 is 4.57 Å². The lowest BCUT2D eigenvalue weighted by atomic mass is 10.2. The maximum absolute atomic E-state index is 12.9. The fourth-order valence-corrected chi connectivity index (χ4v) is 2.89. The average molecular weight is 287 g/mol. The predicted molar refractivity (Wildman–Crippen MR) is 78.2 cm³/mol. The minimum absolute atomic E-state index is 0.225. The average Bonchev–Trinajstić information content (AvgIpc) is 3.09. The quantitative estimate of drug-likeness (QED) is 0.731. The largest absolute Gasteiger partial charge is 0.329 e. The van der Waals surface area contributed by atoms with Gasteiger partial charge in [0.25, 0.3) is 0 Å². The fourth-order valence-electron chi connectivity index (χ4n) is 2.08. The Labute approximate surface area is 120 Å². The first-order valence-electron chi connectivity index (χ1n) is 6.46. The van der Waals surface area contributed by atoms with Crippen LogP contribution >= 0.6 is 11.3 Å². The molecule has 0 radical (unpaired) electrons. The third-order valence-corrected chi connectivity index (χ3v) is 4.03. The maximum Gasteiger partial charge on any atom is 0.123 e. The molecule has 0 aliphatic rings. The summed E-state index contributed by atoms with van der Waals surface area (Å²) in [7, 11) is 0. The summed E-state index contributed by atoms with van der Waals surface area (Å²) in [5, 5.41) is 2.95. The van der Waals surface area contributed by atoms with E-state index in [1.165, 1.54) is 12.1 Å². The predicted octanol–water partition coefficient (Wildman–Crippen LogP) is 3.76. The molecule has 102 valence electrons. The van der Waals surface area contributed by atoms with Crippen LogP contribution in [0.15, 0.2) is 42.0 Å². The molecule has 2 heterocycles. The van der Waals surface area contributed by atoms with Crippen molar-refractivity contribution >= 4 is 11.3 Å². The Morgan fingerprint density at radius 3 is 2.80 bits per heavy atom. The first kappa shape index (κ1) is 13.0. The normalized spacial score (nSPS) is 10.9. The van der Waals surface area contributed by atoms with Gasteiger partial charge in [-0.2, -0.15) is 0 Å². The second kappa shape index (κ2) is 5.54. The molecule has 3 aromatic rings. The summed E-state index contributed by atoms with van der Waals surface area (Å²) in [6, 6.07) is 6.43. The molecule has 0 spiro atoms. The molecule has 2 aromatic heterocycles. The van der Waals surface area contributed by atoms with Gasteiger partial charge in [0.05, 0.1) is 12.2 Å². The lowest BCUT2D eigenvalue weighted by molar-refractivity contribution is 0.628. The Kier molecular flexibility index (Phi) is 3.60. The van der Waals surface area contributed by atoms with Crippen LogP contribution in [0.25, 0.3) is 10.6 Å². The molecule has 0 bridgehead atoms. The summed E-state index contributed by atoms with van der Waals surface area (Å²) in [4.78, 5) is 8.91. The van der Waals surface area contributed by atoms with E-state index in [0.29, 0.717) is 0 Å². The highest BCUT2D eigenvalue weighted by Crippen LogP contribution is 2.24. The molecule has 0 unspecified atom stereocenters. The van der Waals surface area contributed by atoms with E-state index in [1.807, 2.05) is 17.8 Å². The molecule has 0 saturated heterocycles. The highest BCUT2D eigenvalue weighted by Gasteiger charge is 2.07. The van der Waals surface area contributed by atoms with E-state index in [0.717, 1.165) is 35.1 Å². The second-order valence-corrected chi connectivity index (χ2v) is 5.33. The van der Waals surface area contributed by atoms with Gasteiger partial charge in [0.1, 0.15) is 16.6 Å². The van der Waals surface area contributed by atoms with Crippen LogP contribution in [-0.2, 0) is 13.0 Å². The number of imidazole rings is 1. The Hall–Kier alpha value is -2.01. The molecule has 0 amide bonds. The van der Waals surface area contributed by atoms with Crippen molar-refractivity contribution in [3.8, 4) is 10.6 Å². The first-order valence-corrected chi connectivity index (χ1v) is 7.34. The van der Waals surface area contributed by atoms with Gasteiger partial charge in [-0.25, -0.2) is 14.4 Å². The third-order valence-electron chi connectivity index (χ3n) is 3.09. The molecule has 0 fully saturated rings. The van der Waals surface area contributed by atoms with E-state index in [1.54, 1.807) is 23.5 Å². The van der Waals surface area contributed by atoms with E-state index in [9.17, 15) is 4.39 Å². The summed E-state index contributed by atoms with van der Waals surface area (Å²) in [5.74, 6) is 0.831. The van der Waals surface area contributed by atoms with Crippen molar-refractivity contribution in [1.82, 2.24) is 14.5 Å². The maximum atomic E-state index is 12.9. The molecule has 3 rings (SSSR count). The SMILES string of the molecule is CCc1nccn1Cc1csc(-c2ccc(F)cc2)n1. The number of hydrogen-bond acceptors (Lipinski definition) is 3. The number of nitrogens with zero attached hydrogens (tertiary/aromatic N) is 3. The third kappa shape index (κ3) is 2.63.